The number of amides is 1. The summed E-state index contributed by atoms with van der Waals surface area (Å²) < 4.78 is 0. The van der Waals surface area contributed by atoms with Crippen LogP contribution < -0.4 is 10.6 Å². The summed E-state index contributed by atoms with van der Waals surface area (Å²) in [6.07, 6.45) is 4.09. The number of hydrogen-bond donors (Lipinski definition) is 3. The first kappa shape index (κ1) is 14.5. The number of nitrogens with one attached hydrogen (secondary N) is 2. The second kappa shape index (κ2) is 6.36. The summed E-state index contributed by atoms with van der Waals surface area (Å²) in [4.78, 5) is 11.5. The van der Waals surface area contributed by atoms with Crippen LogP contribution in [-0.4, -0.2) is 35.7 Å². The molecule has 4 heteroatoms. The van der Waals surface area contributed by atoms with Gasteiger partial charge in [-0.05, 0) is 39.5 Å². The highest BCUT2D eigenvalue weighted by Gasteiger charge is 2.22. The summed E-state index contributed by atoms with van der Waals surface area (Å²) in [6, 6.07) is 0. The summed E-state index contributed by atoms with van der Waals surface area (Å²) in [7, 11) is 0. The van der Waals surface area contributed by atoms with E-state index in [0.717, 1.165) is 25.8 Å². The third-order valence-corrected chi connectivity index (χ3v) is 3.08. The topological polar surface area (TPSA) is 61.4 Å². The van der Waals surface area contributed by atoms with Crippen LogP contribution in [0.3, 0.4) is 0 Å². The van der Waals surface area contributed by atoms with E-state index < -0.39 is 0 Å². The Morgan fingerprint density at radius 1 is 1.29 bits per heavy atom. The minimum absolute atomic E-state index is 0.0165. The molecule has 1 aliphatic rings. The standard InChI is InChI=1S/C13H26N2O2/c1-13(2,3)15-12(17)9-14-8-10-6-4-5-7-11(10)16/h10-11,14,16H,4-9H2,1-3H3,(H,15,17). The molecule has 1 amide bonds. The number of rotatable bonds is 4. The molecule has 0 aromatic rings. The molecule has 0 bridgehead atoms. The first-order valence-corrected chi connectivity index (χ1v) is 6.58. The summed E-state index contributed by atoms with van der Waals surface area (Å²) in [5.74, 6) is 0.328. The Kier molecular flexibility index (Phi) is 5.40. The number of hydrogen-bond acceptors (Lipinski definition) is 3. The third-order valence-electron chi connectivity index (χ3n) is 3.08. The zero-order valence-corrected chi connectivity index (χ0v) is 11.3. The SMILES string of the molecule is CC(C)(C)NC(=O)CNCC1CCCCC1O. The van der Waals surface area contributed by atoms with Crippen molar-refractivity contribution >= 4 is 5.91 Å². The molecule has 1 rings (SSSR count). The van der Waals surface area contributed by atoms with Crippen LogP contribution >= 0.6 is 0 Å². The van der Waals surface area contributed by atoms with Gasteiger partial charge < -0.3 is 15.7 Å². The van der Waals surface area contributed by atoms with E-state index in [1.807, 2.05) is 20.8 Å². The van der Waals surface area contributed by atoms with Gasteiger partial charge in [-0.2, -0.15) is 0 Å². The molecule has 2 unspecified atom stereocenters. The molecule has 100 valence electrons. The van der Waals surface area contributed by atoms with E-state index >= 15 is 0 Å². The molecular formula is C13H26N2O2. The van der Waals surface area contributed by atoms with E-state index in [-0.39, 0.29) is 17.6 Å². The minimum atomic E-state index is -0.193. The molecule has 0 heterocycles. The summed E-state index contributed by atoms with van der Waals surface area (Å²) in [6.45, 7) is 6.97. The largest absolute Gasteiger partial charge is 0.393 e. The highest BCUT2D eigenvalue weighted by atomic mass is 16.3. The maximum Gasteiger partial charge on any atom is 0.234 e. The molecular weight excluding hydrogens is 216 g/mol. The smallest absolute Gasteiger partial charge is 0.234 e. The van der Waals surface area contributed by atoms with Gasteiger partial charge in [-0.25, -0.2) is 0 Å². The van der Waals surface area contributed by atoms with Crippen molar-refractivity contribution in [2.45, 2.75) is 58.1 Å². The van der Waals surface area contributed by atoms with Gasteiger partial charge in [-0.15, -0.1) is 0 Å². The van der Waals surface area contributed by atoms with Crippen LogP contribution in [-0.2, 0) is 4.79 Å². The molecule has 4 nitrogen and oxygen atoms in total. The average molecular weight is 242 g/mol. The summed E-state index contributed by atoms with van der Waals surface area (Å²) in [5.41, 5.74) is -0.177. The van der Waals surface area contributed by atoms with Crippen LogP contribution in [0, 0.1) is 5.92 Å². The predicted octanol–water partition coefficient (Wildman–Crippen LogP) is 1.04. The molecule has 0 aliphatic heterocycles. The lowest BCUT2D eigenvalue weighted by Crippen LogP contribution is -2.46. The highest BCUT2D eigenvalue weighted by Crippen LogP contribution is 2.23. The minimum Gasteiger partial charge on any atom is -0.393 e. The Hall–Kier alpha value is -0.610. The molecule has 0 aromatic carbocycles. The van der Waals surface area contributed by atoms with Gasteiger partial charge in [-0.1, -0.05) is 12.8 Å². The molecule has 3 N–H and O–H groups in total. The van der Waals surface area contributed by atoms with Crippen molar-refractivity contribution in [1.82, 2.24) is 10.6 Å². The molecule has 1 aliphatic carbocycles. The maximum atomic E-state index is 11.5. The second-order valence-electron chi connectivity index (χ2n) is 6.04. The lowest BCUT2D eigenvalue weighted by atomic mass is 9.86. The third kappa shape index (κ3) is 6.03. The lowest BCUT2D eigenvalue weighted by Gasteiger charge is -2.28. The number of aliphatic hydroxyl groups is 1. The zero-order chi connectivity index (χ0) is 12.9. The molecule has 0 aromatic heterocycles. The van der Waals surface area contributed by atoms with Crippen molar-refractivity contribution in [2.75, 3.05) is 13.1 Å². The highest BCUT2D eigenvalue weighted by molar-refractivity contribution is 5.78. The first-order chi connectivity index (χ1) is 7.88. The Balaban J connectivity index is 2.16. The van der Waals surface area contributed by atoms with E-state index in [2.05, 4.69) is 10.6 Å². The first-order valence-electron chi connectivity index (χ1n) is 6.58. The molecule has 0 saturated heterocycles. The van der Waals surface area contributed by atoms with Gasteiger partial charge in [0.15, 0.2) is 0 Å². The Bertz CT molecular complexity index is 248. The molecule has 1 fully saturated rings. The van der Waals surface area contributed by atoms with Crippen LogP contribution in [0.15, 0.2) is 0 Å². The number of carbonyl (C=O) groups is 1. The second-order valence-corrected chi connectivity index (χ2v) is 6.04. The monoisotopic (exact) mass is 242 g/mol. The molecule has 17 heavy (non-hydrogen) atoms. The van der Waals surface area contributed by atoms with E-state index in [0.29, 0.717) is 12.5 Å². The Morgan fingerprint density at radius 3 is 2.53 bits per heavy atom. The molecule has 1 saturated carbocycles. The fourth-order valence-electron chi connectivity index (χ4n) is 2.26. The normalized spacial score (nSPS) is 25.6. The van der Waals surface area contributed by atoms with Crippen molar-refractivity contribution in [2.24, 2.45) is 5.92 Å². The van der Waals surface area contributed by atoms with Gasteiger partial charge in [0.25, 0.3) is 0 Å². The fraction of sp³-hybridized carbons (Fsp3) is 0.923. The number of aliphatic hydroxyl groups excluding tert-OH is 1. The van der Waals surface area contributed by atoms with Gasteiger partial charge in [0.2, 0.25) is 5.91 Å². The van der Waals surface area contributed by atoms with E-state index in [1.54, 1.807) is 0 Å². The van der Waals surface area contributed by atoms with Gasteiger partial charge >= 0.3 is 0 Å². The van der Waals surface area contributed by atoms with E-state index in [4.69, 9.17) is 0 Å². The molecule has 0 spiro atoms. The van der Waals surface area contributed by atoms with Crippen molar-refractivity contribution in [3.8, 4) is 0 Å². The van der Waals surface area contributed by atoms with Gasteiger partial charge in [0, 0.05) is 12.1 Å². The quantitative estimate of drug-likeness (QED) is 0.690. The van der Waals surface area contributed by atoms with Crippen molar-refractivity contribution in [1.29, 1.82) is 0 Å². The Morgan fingerprint density at radius 2 is 1.94 bits per heavy atom. The molecule has 0 radical (unpaired) electrons. The maximum absolute atomic E-state index is 11.5. The van der Waals surface area contributed by atoms with Crippen LogP contribution in [0.25, 0.3) is 0 Å². The van der Waals surface area contributed by atoms with Crippen LogP contribution in [0.1, 0.15) is 46.5 Å². The van der Waals surface area contributed by atoms with Crippen LogP contribution in [0.4, 0.5) is 0 Å². The van der Waals surface area contributed by atoms with Crippen LogP contribution in [0.2, 0.25) is 0 Å². The zero-order valence-electron chi connectivity index (χ0n) is 11.3. The van der Waals surface area contributed by atoms with Crippen molar-refractivity contribution in [3.63, 3.8) is 0 Å². The average Bonchev–Trinajstić information content (AvgIpc) is 2.18. The fourth-order valence-corrected chi connectivity index (χ4v) is 2.26. The summed E-state index contributed by atoms with van der Waals surface area (Å²) >= 11 is 0. The van der Waals surface area contributed by atoms with E-state index in [1.165, 1.54) is 6.42 Å². The van der Waals surface area contributed by atoms with Crippen LogP contribution in [0.5, 0.6) is 0 Å². The lowest BCUT2D eigenvalue weighted by molar-refractivity contribution is -0.121. The van der Waals surface area contributed by atoms with Gasteiger partial charge in [-0.3, -0.25) is 4.79 Å². The van der Waals surface area contributed by atoms with Gasteiger partial charge in [0.1, 0.15) is 0 Å². The van der Waals surface area contributed by atoms with Crippen molar-refractivity contribution in [3.05, 3.63) is 0 Å². The summed E-state index contributed by atoms with van der Waals surface area (Å²) in [5, 5.41) is 15.8. The number of carbonyl (C=O) groups excluding carboxylic acids is 1. The Labute approximate surface area is 104 Å². The van der Waals surface area contributed by atoms with Gasteiger partial charge in [0.05, 0.1) is 12.6 Å². The van der Waals surface area contributed by atoms with Crippen molar-refractivity contribution < 1.29 is 9.90 Å². The molecule has 2 atom stereocenters. The van der Waals surface area contributed by atoms with E-state index in [9.17, 15) is 9.90 Å². The predicted molar refractivity (Wildman–Crippen MR) is 68.7 cm³/mol.